The van der Waals surface area contributed by atoms with Crippen molar-refractivity contribution in [2.24, 2.45) is 16.8 Å². The molecule has 0 spiro atoms. The summed E-state index contributed by atoms with van der Waals surface area (Å²) in [6.07, 6.45) is 6.25. The molecule has 0 heterocycles. The molecule has 2 amide bonds. The molecule has 0 bridgehead atoms. The van der Waals surface area contributed by atoms with Crippen molar-refractivity contribution in [3.05, 3.63) is 0 Å². The van der Waals surface area contributed by atoms with E-state index in [2.05, 4.69) is 10.5 Å². The van der Waals surface area contributed by atoms with E-state index in [1.165, 1.54) is 32.1 Å². The predicted molar refractivity (Wildman–Crippen MR) is 52.4 cm³/mol. The number of carbonyl (C=O) groups is 1. The first-order valence-corrected chi connectivity index (χ1v) is 4.80. The minimum absolute atomic E-state index is 0.542. The highest BCUT2D eigenvalue weighted by Crippen LogP contribution is 2.24. The Morgan fingerprint density at radius 2 is 2.00 bits per heavy atom. The van der Waals surface area contributed by atoms with E-state index in [-0.39, 0.29) is 0 Å². The van der Waals surface area contributed by atoms with Crippen LogP contribution in [0.25, 0.3) is 0 Å². The maximum absolute atomic E-state index is 10.4. The smallest absolute Gasteiger partial charge is 0.332 e. The molecule has 4 nitrogen and oxygen atoms in total. The quantitative estimate of drug-likeness (QED) is 0.495. The standard InChI is InChI=1S/C9H17N3O/c1-7(11-12-9(10)13)8-5-3-2-4-6-8/h8H,2-6H2,1H3,(H3,10,12,13)/b11-7+. The molecule has 1 aliphatic carbocycles. The number of carbonyl (C=O) groups excluding carboxylic acids is 1. The summed E-state index contributed by atoms with van der Waals surface area (Å²) < 4.78 is 0. The molecular formula is C9H17N3O. The van der Waals surface area contributed by atoms with Gasteiger partial charge >= 0.3 is 6.03 Å². The number of nitrogens with one attached hydrogen (secondary N) is 1. The average molecular weight is 183 g/mol. The zero-order valence-electron chi connectivity index (χ0n) is 8.05. The predicted octanol–water partition coefficient (Wildman–Crippen LogP) is 1.61. The van der Waals surface area contributed by atoms with Crippen molar-refractivity contribution >= 4 is 11.7 Å². The third-order valence-electron chi connectivity index (χ3n) is 2.54. The van der Waals surface area contributed by atoms with E-state index in [4.69, 9.17) is 5.73 Å². The zero-order valence-corrected chi connectivity index (χ0v) is 8.05. The molecule has 13 heavy (non-hydrogen) atoms. The van der Waals surface area contributed by atoms with Crippen LogP contribution >= 0.6 is 0 Å². The topological polar surface area (TPSA) is 67.5 Å². The number of nitrogens with two attached hydrogens (primary N) is 1. The minimum Gasteiger partial charge on any atom is -0.350 e. The van der Waals surface area contributed by atoms with Crippen molar-refractivity contribution in [1.29, 1.82) is 0 Å². The number of urea groups is 1. The Balaban J connectivity index is 2.39. The molecule has 4 heteroatoms. The molecule has 0 atom stereocenters. The van der Waals surface area contributed by atoms with Crippen LogP contribution in [-0.4, -0.2) is 11.7 Å². The van der Waals surface area contributed by atoms with Crippen LogP contribution in [-0.2, 0) is 0 Å². The minimum atomic E-state index is -0.588. The van der Waals surface area contributed by atoms with E-state index in [1.54, 1.807) is 0 Å². The largest absolute Gasteiger partial charge is 0.350 e. The molecule has 74 valence electrons. The van der Waals surface area contributed by atoms with Gasteiger partial charge < -0.3 is 5.73 Å². The Hall–Kier alpha value is -1.06. The van der Waals surface area contributed by atoms with Crippen LogP contribution in [0.15, 0.2) is 5.10 Å². The summed E-state index contributed by atoms with van der Waals surface area (Å²) in [4.78, 5) is 10.4. The molecule has 0 aromatic rings. The molecule has 0 aliphatic heterocycles. The first-order valence-electron chi connectivity index (χ1n) is 4.80. The fourth-order valence-corrected chi connectivity index (χ4v) is 1.75. The van der Waals surface area contributed by atoms with Gasteiger partial charge in [-0.2, -0.15) is 5.10 Å². The Labute approximate surface area is 78.6 Å². The van der Waals surface area contributed by atoms with Crippen LogP contribution in [0.2, 0.25) is 0 Å². The van der Waals surface area contributed by atoms with E-state index >= 15 is 0 Å². The Morgan fingerprint density at radius 3 is 2.54 bits per heavy atom. The Bertz CT molecular complexity index is 207. The van der Waals surface area contributed by atoms with Gasteiger partial charge in [0, 0.05) is 5.71 Å². The maximum Gasteiger partial charge on any atom is 0.332 e. The van der Waals surface area contributed by atoms with E-state index in [0.717, 1.165) is 5.71 Å². The molecule has 1 fully saturated rings. The Morgan fingerprint density at radius 1 is 1.38 bits per heavy atom. The first-order chi connectivity index (χ1) is 6.20. The summed E-state index contributed by atoms with van der Waals surface area (Å²) in [7, 11) is 0. The molecule has 0 aromatic carbocycles. The van der Waals surface area contributed by atoms with Crippen LogP contribution < -0.4 is 11.2 Å². The summed E-state index contributed by atoms with van der Waals surface area (Å²) in [6.45, 7) is 1.95. The fraction of sp³-hybridized carbons (Fsp3) is 0.778. The average Bonchev–Trinajstić information content (AvgIpc) is 2.15. The van der Waals surface area contributed by atoms with Crippen LogP contribution in [0.5, 0.6) is 0 Å². The number of hydrogen-bond donors (Lipinski definition) is 2. The molecule has 1 rings (SSSR count). The SMILES string of the molecule is C/C(=N\NC(N)=O)C1CCCCC1. The van der Waals surface area contributed by atoms with Crippen LogP contribution in [0.4, 0.5) is 4.79 Å². The molecule has 0 radical (unpaired) electrons. The number of amides is 2. The fourth-order valence-electron chi connectivity index (χ4n) is 1.75. The lowest BCUT2D eigenvalue weighted by Crippen LogP contribution is -2.27. The van der Waals surface area contributed by atoms with E-state index in [9.17, 15) is 4.79 Å². The lowest BCUT2D eigenvalue weighted by molar-refractivity contribution is 0.249. The van der Waals surface area contributed by atoms with Gasteiger partial charge in [0.25, 0.3) is 0 Å². The number of primary amides is 1. The van der Waals surface area contributed by atoms with Crippen molar-refractivity contribution in [2.75, 3.05) is 0 Å². The third kappa shape index (κ3) is 3.44. The summed E-state index contributed by atoms with van der Waals surface area (Å²) in [6, 6.07) is -0.588. The molecule has 3 N–H and O–H groups in total. The highest BCUT2D eigenvalue weighted by molar-refractivity contribution is 5.85. The maximum atomic E-state index is 10.4. The highest BCUT2D eigenvalue weighted by atomic mass is 16.2. The van der Waals surface area contributed by atoms with Crippen molar-refractivity contribution in [3.63, 3.8) is 0 Å². The molecular weight excluding hydrogens is 166 g/mol. The van der Waals surface area contributed by atoms with Gasteiger partial charge in [0.2, 0.25) is 0 Å². The van der Waals surface area contributed by atoms with Gasteiger partial charge in [0.15, 0.2) is 0 Å². The number of rotatable bonds is 2. The van der Waals surface area contributed by atoms with Gasteiger partial charge in [-0.1, -0.05) is 19.3 Å². The monoisotopic (exact) mass is 183 g/mol. The lowest BCUT2D eigenvalue weighted by Gasteiger charge is -2.20. The molecule has 1 aliphatic rings. The van der Waals surface area contributed by atoms with Gasteiger partial charge in [0.1, 0.15) is 0 Å². The summed E-state index contributed by atoms with van der Waals surface area (Å²) in [5.74, 6) is 0.542. The van der Waals surface area contributed by atoms with Crippen LogP contribution in [0, 0.1) is 5.92 Å². The summed E-state index contributed by atoms with van der Waals surface area (Å²) in [5, 5.41) is 3.94. The zero-order chi connectivity index (χ0) is 9.68. The lowest BCUT2D eigenvalue weighted by atomic mass is 9.86. The van der Waals surface area contributed by atoms with Crippen LogP contribution in [0.3, 0.4) is 0 Å². The van der Waals surface area contributed by atoms with Gasteiger partial charge in [-0.3, -0.25) is 0 Å². The van der Waals surface area contributed by atoms with E-state index < -0.39 is 6.03 Å². The van der Waals surface area contributed by atoms with Crippen molar-refractivity contribution < 1.29 is 4.79 Å². The van der Waals surface area contributed by atoms with Gasteiger partial charge in [-0.15, -0.1) is 0 Å². The van der Waals surface area contributed by atoms with E-state index in [1.807, 2.05) is 6.92 Å². The van der Waals surface area contributed by atoms with Crippen molar-refractivity contribution in [2.45, 2.75) is 39.0 Å². The molecule has 0 saturated heterocycles. The Kier molecular flexibility index (Phi) is 3.73. The molecule has 1 saturated carbocycles. The highest BCUT2D eigenvalue weighted by Gasteiger charge is 2.15. The summed E-state index contributed by atoms with van der Waals surface area (Å²) >= 11 is 0. The van der Waals surface area contributed by atoms with Gasteiger partial charge in [0.05, 0.1) is 0 Å². The second kappa shape index (κ2) is 4.84. The normalized spacial score (nSPS) is 19.9. The third-order valence-corrected chi connectivity index (χ3v) is 2.54. The number of nitrogens with zero attached hydrogens (tertiary/aromatic N) is 1. The van der Waals surface area contributed by atoms with E-state index in [0.29, 0.717) is 5.92 Å². The summed E-state index contributed by atoms with van der Waals surface area (Å²) in [5.41, 5.74) is 8.18. The van der Waals surface area contributed by atoms with Crippen LogP contribution in [0.1, 0.15) is 39.0 Å². The van der Waals surface area contributed by atoms with Crippen molar-refractivity contribution in [1.82, 2.24) is 5.43 Å². The first kappa shape index (κ1) is 10.0. The molecule has 0 aromatic heterocycles. The van der Waals surface area contributed by atoms with Gasteiger partial charge in [-0.25, -0.2) is 10.2 Å². The number of hydrazone groups is 1. The van der Waals surface area contributed by atoms with Gasteiger partial charge in [-0.05, 0) is 25.7 Å². The number of hydrogen-bond acceptors (Lipinski definition) is 2. The second-order valence-electron chi connectivity index (χ2n) is 3.56. The molecule has 0 unspecified atom stereocenters. The van der Waals surface area contributed by atoms with Crippen molar-refractivity contribution in [3.8, 4) is 0 Å². The second-order valence-corrected chi connectivity index (χ2v) is 3.56.